The Morgan fingerprint density at radius 3 is 2.67 bits per heavy atom. The van der Waals surface area contributed by atoms with Crippen molar-refractivity contribution in [2.45, 2.75) is 34.1 Å². The molecule has 0 bridgehead atoms. The summed E-state index contributed by atoms with van der Waals surface area (Å²) in [6.45, 7) is 9.10. The molecule has 0 aliphatic rings. The van der Waals surface area contributed by atoms with Gasteiger partial charge in [-0.25, -0.2) is 4.98 Å². The van der Waals surface area contributed by atoms with E-state index in [1.165, 1.54) is 0 Å². The molecule has 15 heavy (non-hydrogen) atoms. The van der Waals surface area contributed by atoms with Gasteiger partial charge in [0.25, 0.3) is 0 Å². The Morgan fingerprint density at radius 2 is 2.07 bits per heavy atom. The van der Waals surface area contributed by atoms with Crippen molar-refractivity contribution in [3.05, 3.63) is 11.8 Å². The minimum Gasteiger partial charge on any atom is -0.477 e. The third kappa shape index (κ3) is 4.14. The molecule has 0 saturated heterocycles. The predicted molar refractivity (Wildman–Crippen MR) is 60.7 cm³/mol. The Kier molecular flexibility index (Phi) is 3.50. The van der Waals surface area contributed by atoms with Crippen LogP contribution in [0.3, 0.4) is 0 Å². The van der Waals surface area contributed by atoms with E-state index in [9.17, 15) is 0 Å². The number of nitrogens with two attached hydrogens (primary N) is 1. The number of nitrogens with zero attached hydrogens (tertiary/aromatic N) is 2. The van der Waals surface area contributed by atoms with E-state index in [0.717, 1.165) is 12.0 Å². The van der Waals surface area contributed by atoms with Gasteiger partial charge >= 0.3 is 0 Å². The number of aryl methyl sites for hydroxylation is 1. The fourth-order valence-corrected chi connectivity index (χ4v) is 1.04. The van der Waals surface area contributed by atoms with E-state index in [1.807, 2.05) is 6.92 Å². The molecule has 0 spiro atoms. The number of hydrogen-bond donors (Lipinski definition) is 1. The van der Waals surface area contributed by atoms with Crippen LogP contribution in [0.2, 0.25) is 0 Å². The second-order valence-corrected chi connectivity index (χ2v) is 4.88. The lowest BCUT2D eigenvalue weighted by Gasteiger charge is -2.18. The zero-order valence-electron chi connectivity index (χ0n) is 9.87. The second kappa shape index (κ2) is 4.47. The smallest absolute Gasteiger partial charge is 0.223 e. The summed E-state index contributed by atoms with van der Waals surface area (Å²) < 4.78 is 5.56. The van der Waals surface area contributed by atoms with Gasteiger partial charge in [0.1, 0.15) is 0 Å². The number of ether oxygens (including phenoxy) is 1. The summed E-state index contributed by atoms with van der Waals surface area (Å²) in [7, 11) is 0. The van der Waals surface area contributed by atoms with Gasteiger partial charge in [-0.2, -0.15) is 4.98 Å². The lowest BCUT2D eigenvalue weighted by atomic mass is 9.93. The van der Waals surface area contributed by atoms with E-state index in [0.29, 0.717) is 12.5 Å². The Balaban J connectivity index is 2.54. The molecule has 1 aromatic heterocycles. The van der Waals surface area contributed by atoms with Crippen molar-refractivity contribution in [1.29, 1.82) is 0 Å². The normalized spacial score (nSPS) is 11.5. The van der Waals surface area contributed by atoms with Crippen LogP contribution in [-0.2, 0) is 0 Å². The monoisotopic (exact) mass is 209 g/mol. The van der Waals surface area contributed by atoms with Gasteiger partial charge in [0.15, 0.2) is 0 Å². The molecule has 1 rings (SSSR count). The summed E-state index contributed by atoms with van der Waals surface area (Å²) in [6, 6.07) is 0. The second-order valence-electron chi connectivity index (χ2n) is 4.88. The van der Waals surface area contributed by atoms with Crippen LogP contribution in [0.5, 0.6) is 5.88 Å². The topological polar surface area (TPSA) is 61.0 Å². The van der Waals surface area contributed by atoms with E-state index < -0.39 is 0 Å². The molecule has 0 atom stereocenters. The van der Waals surface area contributed by atoms with Crippen LogP contribution >= 0.6 is 0 Å². The average molecular weight is 209 g/mol. The first kappa shape index (κ1) is 11.8. The zero-order chi connectivity index (χ0) is 11.5. The van der Waals surface area contributed by atoms with Crippen LogP contribution in [0.15, 0.2) is 6.20 Å². The van der Waals surface area contributed by atoms with Crippen LogP contribution in [0.25, 0.3) is 0 Å². The largest absolute Gasteiger partial charge is 0.477 e. The predicted octanol–water partition coefficient (Wildman–Crippen LogP) is 2.18. The van der Waals surface area contributed by atoms with Gasteiger partial charge in [0.05, 0.1) is 6.61 Å². The molecule has 0 radical (unpaired) electrons. The third-order valence-electron chi connectivity index (χ3n) is 2.03. The molecule has 1 aromatic rings. The summed E-state index contributed by atoms with van der Waals surface area (Å²) in [5, 5.41) is 0. The van der Waals surface area contributed by atoms with Gasteiger partial charge in [-0.1, -0.05) is 20.8 Å². The molecule has 0 aromatic carbocycles. The maximum absolute atomic E-state index is 5.56. The summed E-state index contributed by atoms with van der Waals surface area (Å²) in [5.41, 5.74) is 6.67. The van der Waals surface area contributed by atoms with Crippen molar-refractivity contribution >= 4 is 5.95 Å². The van der Waals surface area contributed by atoms with Gasteiger partial charge in [-0.05, 0) is 18.8 Å². The molecule has 1 heterocycles. The summed E-state index contributed by atoms with van der Waals surface area (Å²) in [6.07, 6.45) is 2.66. The molecular weight excluding hydrogens is 190 g/mol. The van der Waals surface area contributed by atoms with Gasteiger partial charge < -0.3 is 10.5 Å². The Hall–Kier alpha value is -1.32. The van der Waals surface area contributed by atoms with Crippen molar-refractivity contribution in [3.63, 3.8) is 0 Å². The third-order valence-corrected chi connectivity index (χ3v) is 2.03. The van der Waals surface area contributed by atoms with Gasteiger partial charge in [-0.15, -0.1) is 0 Å². The van der Waals surface area contributed by atoms with Crippen molar-refractivity contribution in [2.24, 2.45) is 5.41 Å². The van der Waals surface area contributed by atoms with E-state index >= 15 is 0 Å². The Labute approximate surface area is 90.9 Å². The highest BCUT2D eigenvalue weighted by atomic mass is 16.5. The molecule has 0 saturated carbocycles. The van der Waals surface area contributed by atoms with E-state index in [4.69, 9.17) is 10.5 Å². The first-order valence-electron chi connectivity index (χ1n) is 5.10. The molecule has 4 heteroatoms. The van der Waals surface area contributed by atoms with E-state index in [-0.39, 0.29) is 11.4 Å². The molecule has 0 aliphatic heterocycles. The number of rotatable bonds is 3. The lowest BCUT2D eigenvalue weighted by molar-refractivity contribution is 0.235. The SMILES string of the molecule is Cc1cnc(N)nc1OCCC(C)(C)C. The van der Waals surface area contributed by atoms with Crippen LogP contribution in [0.1, 0.15) is 32.8 Å². The van der Waals surface area contributed by atoms with Gasteiger partial charge in [0.2, 0.25) is 11.8 Å². The molecule has 0 unspecified atom stereocenters. The number of hydrogen-bond acceptors (Lipinski definition) is 4. The summed E-state index contributed by atoms with van der Waals surface area (Å²) in [4.78, 5) is 7.92. The minimum atomic E-state index is 0.256. The highest BCUT2D eigenvalue weighted by Gasteiger charge is 2.11. The molecule has 84 valence electrons. The van der Waals surface area contributed by atoms with Crippen molar-refractivity contribution in [1.82, 2.24) is 9.97 Å². The molecule has 0 aliphatic carbocycles. The lowest BCUT2D eigenvalue weighted by Crippen LogP contribution is -2.12. The number of aromatic nitrogens is 2. The van der Waals surface area contributed by atoms with Crippen LogP contribution in [0.4, 0.5) is 5.95 Å². The van der Waals surface area contributed by atoms with Crippen LogP contribution in [-0.4, -0.2) is 16.6 Å². The molecular formula is C11H19N3O. The van der Waals surface area contributed by atoms with Crippen LogP contribution < -0.4 is 10.5 Å². The minimum absolute atomic E-state index is 0.256. The van der Waals surface area contributed by atoms with Crippen molar-refractivity contribution in [3.8, 4) is 5.88 Å². The molecule has 4 nitrogen and oxygen atoms in total. The number of nitrogen functional groups attached to an aromatic ring is 1. The quantitative estimate of drug-likeness (QED) is 0.828. The van der Waals surface area contributed by atoms with E-state index in [2.05, 4.69) is 30.7 Å². The summed E-state index contributed by atoms with van der Waals surface area (Å²) >= 11 is 0. The number of anilines is 1. The first-order chi connectivity index (χ1) is 6.88. The molecule has 0 amide bonds. The highest BCUT2D eigenvalue weighted by molar-refractivity contribution is 5.28. The van der Waals surface area contributed by atoms with Gasteiger partial charge in [-0.3, -0.25) is 0 Å². The molecule has 2 N–H and O–H groups in total. The fourth-order valence-electron chi connectivity index (χ4n) is 1.04. The van der Waals surface area contributed by atoms with Crippen LogP contribution in [0, 0.1) is 12.3 Å². The fraction of sp³-hybridized carbons (Fsp3) is 0.636. The van der Waals surface area contributed by atoms with Gasteiger partial charge in [0, 0.05) is 11.8 Å². The zero-order valence-corrected chi connectivity index (χ0v) is 9.87. The highest BCUT2D eigenvalue weighted by Crippen LogP contribution is 2.20. The maximum atomic E-state index is 5.56. The first-order valence-corrected chi connectivity index (χ1v) is 5.10. The maximum Gasteiger partial charge on any atom is 0.223 e. The van der Waals surface area contributed by atoms with Crippen molar-refractivity contribution < 1.29 is 4.74 Å². The van der Waals surface area contributed by atoms with Crippen molar-refractivity contribution in [2.75, 3.05) is 12.3 Å². The van der Waals surface area contributed by atoms with E-state index in [1.54, 1.807) is 6.20 Å². The summed E-state index contributed by atoms with van der Waals surface area (Å²) in [5.74, 6) is 0.845. The Morgan fingerprint density at radius 1 is 1.40 bits per heavy atom. The average Bonchev–Trinajstić information content (AvgIpc) is 2.09. The Bertz CT molecular complexity index is 331. The standard InChI is InChI=1S/C11H19N3O/c1-8-7-13-10(12)14-9(8)15-6-5-11(2,3)4/h7H,5-6H2,1-4H3,(H2,12,13,14). The molecule has 0 fully saturated rings.